The van der Waals surface area contributed by atoms with Crippen molar-refractivity contribution in [3.63, 3.8) is 0 Å². The first-order chi connectivity index (χ1) is 14.3. The molecule has 2 heterocycles. The molecule has 0 aliphatic carbocycles. The molecule has 2 N–H and O–H groups in total. The van der Waals surface area contributed by atoms with Crippen LogP contribution in [0.15, 0.2) is 65.1 Å². The van der Waals surface area contributed by atoms with Crippen LogP contribution in [-0.2, 0) is 16.6 Å². The van der Waals surface area contributed by atoms with E-state index in [1.54, 1.807) is 0 Å². The zero-order chi connectivity index (χ0) is 21.3. The molecule has 0 fully saturated rings. The van der Waals surface area contributed by atoms with Crippen LogP contribution >= 0.6 is 34.5 Å². The summed E-state index contributed by atoms with van der Waals surface area (Å²) < 4.78 is 29.4. The Hall–Kier alpha value is -2.59. The molecule has 154 valence electrons. The van der Waals surface area contributed by atoms with Gasteiger partial charge in [0.05, 0.1) is 17.3 Å². The number of fused-ring (bicyclic) bond motifs is 1. The van der Waals surface area contributed by atoms with Crippen molar-refractivity contribution in [3.05, 3.63) is 81.5 Å². The molecule has 2 aromatic carbocycles. The summed E-state index contributed by atoms with van der Waals surface area (Å²) in [5.74, 6) is -0.293. The second kappa shape index (κ2) is 8.27. The van der Waals surface area contributed by atoms with Crippen molar-refractivity contribution >= 4 is 61.1 Å². The van der Waals surface area contributed by atoms with E-state index in [2.05, 4.69) is 15.0 Å². The van der Waals surface area contributed by atoms with Crippen LogP contribution in [0.2, 0.25) is 10.0 Å². The number of carbonyl (C=O) groups excluding carboxylic acids is 1. The molecule has 4 aromatic rings. The van der Waals surface area contributed by atoms with Gasteiger partial charge in [0, 0.05) is 34.0 Å². The van der Waals surface area contributed by atoms with Gasteiger partial charge >= 0.3 is 0 Å². The zero-order valence-corrected chi connectivity index (χ0v) is 18.3. The number of carbonyl (C=O) groups is 1. The number of aromatic nitrogens is 2. The van der Waals surface area contributed by atoms with E-state index in [4.69, 9.17) is 23.2 Å². The van der Waals surface area contributed by atoms with Gasteiger partial charge in [-0.15, -0.1) is 11.3 Å². The largest absolute Gasteiger partial charge is 0.346 e. The van der Waals surface area contributed by atoms with E-state index in [0.717, 1.165) is 10.7 Å². The second-order valence-electron chi connectivity index (χ2n) is 6.27. The summed E-state index contributed by atoms with van der Waals surface area (Å²) >= 11 is 13.4. The van der Waals surface area contributed by atoms with Crippen molar-refractivity contribution in [2.75, 3.05) is 4.72 Å². The summed E-state index contributed by atoms with van der Waals surface area (Å²) in [7, 11) is -3.93. The third kappa shape index (κ3) is 4.44. The van der Waals surface area contributed by atoms with Crippen molar-refractivity contribution in [1.82, 2.24) is 14.7 Å². The van der Waals surface area contributed by atoms with Gasteiger partial charge in [0.2, 0.25) is 0 Å². The van der Waals surface area contributed by atoms with E-state index in [9.17, 15) is 13.2 Å². The number of thiazole rings is 1. The molecule has 2 aromatic heterocycles. The Bertz CT molecular complexity index is 1300. The van der Waals surface area contributed by atoms with E-state index in [0.29, 0.717) is 5.56 Å². The normalized spacial score (nSPS) is 11.5. The SMILES string of the molecule is O=C(NCc1cn2ccsc2n1)c1ccc(NS(=O)(=O)c2cc(Cl)ccc2Cl)cc1. The number of rotatable bonds is 6. The Morgan fingerprint density at radius 3 is 2.63 bits per heavy atom. The minimum atomic E-state index is -3.93. The van der Waals surface area contributed by atoms with Gasteiger partial charge in [0.15, 0.2) is 4.96 Å². The third-order valence-electron chi connectivity index (χ3n) is 4.16. The van der Waals surface area contributed by atoms with Gasteiger partial charge in [-0.1, -0.05) is 23.2 Å². The average Bonchev–Trinajstić information content (AvgIpc) is 3.30. The van der Waals surface area contributed by atoms with Crippen LogP contribution in [0.1, 0.15) is 16.1 Å². The molecule has 0 bridgehead atoms. The Balaban J connectivity index is 1.42. The Kier molecular flexibility index (Phi) is 5.70. The van der Waals surface area contributed by atoms with Crippen LogP contribution in [0.3, 0.4) is 0 Å². The molecule has 0 unspecified atom stereocenters. The molecule has 7 nitrogen and oxygen atoms in total. The predicted molar refractivity (Wildman–Crippen MR) is 118 cm³/mol. The molecule has 1 amide bonds. The third-order valence-corrected chi connectivity index (χ3v) is 7.02. The monoisotopic (exact) mass is 480 g/mol. The molecule has 0 aliphatic rings. The van der Waals surface area contributed by atoms with Crippen molar-refractivity contribution in [3.8, 4) is 0 Å². The summed E-state index contributed by atoms with van der Waals surface area (Å²) in [5.41, 5.74) is 1.43. The number of anilines is 1. The highest BCUT2D eigenvalue weighted by atomic mass is 35.5. The van der Waals surface area contributed by atoms with Gasteiger partial charge < -0.3 is 5.32 Å². The second-order valence-corrected chi connectivity index (χ2v) is 9.63. The van der Waals surface area contributed by atoms with Crippen LogP contribution < -0.4 is 10.0 Å². The Morgan fingerprint density at radius 2 is 1.90 bits per heavy atom. The summed E-state index contributed by atoms with van der Waals surface area (Å²) in [6, 6.07) is 10.2. The van der Waals surface area contributed by atoms with Gasteiger partial charge in [-0.05, 0) is 42.5 Å². The van der Waals surface area contributed by atoms with Crippen molar-refractivity contribution in [2.24, 2.45) is 0 Å². The lowest BCUT2D eigenvalue weighted by Gasteiger charge is -2.10. The first-order valence-electron chi connectivity index (χ1n) is 8.59. The highest BCUT2D eigenvalue weighted by molar-refractivity contribution is 7.92. The summed E-state index contributed by atoms with van der Waals surface area (Å²) in [6.45, 7) is 0.287. The molecule has 0 saturated heterocycles. The molecule has 11 heteroatoms. The highest BCUT2D eigenvalue weighted by Crippen LogP contribution is 2.27. The number of nitrogens with zero attached hydrogens (tertiary/aromatic N) is 2. The summed E-state index contributed by atoms with van der Waals surface area (Å²) in [5, 5.41) is 5.04. The summed E-state index contributed by atoms with van der Waals surface area (Å²) in [4.78, 5) is 17.5. The molecule has 0 aliphatic heterocycles. The van der Waals surface area contributed by atoms with Crippen LogP contribution in [0.4, 0.5) is 5.69 Å². The van der Waals surface area contributed by atoms with Gasteiger partial charge in [0.1, 0.15) is 4.90 Å². The number of sulfonamides is 1. The number of nitrogens with one attached hydrogen (secondary N) is 2. The summed E-state index contributed by atoms with van der Waals surface area (Å²) in [6.07, 6.45) is 3.75. The lowest BCUT2D eigenvalue weighted by molar-refractivity contribution is 0.0950. The molecule has 4 rings (SSSR count). The maximum Gasteiger partial charge on any atom is 0.263 e. The van der Waals surface area contributed by atoms with E-state index >= 15 is 0 Å². The molecule has 0 atom stereocenters. The quantitative estimate of drug-likeness (QED) is 0.426. The number of benzene rings is 2. The van der Waals surface area contributed by atoms with Gasteiger partial charge in [0.25, 0.3) is 15.9 Å². The highest BCUT2D eigenvalue weighted by Gasteiger charge is 2.19. The van der Waals surface area contributed by atoms with E-state index in [1.165, 1.54) is 53.8 Å². The fourth-order valence-corrected chi connectivity index (χ4v) is 5.26. The van der Waals surface area contributed by atoms with Crippen molar-refractivity contribution < 1.29 is 13.2 Å². The van der Waals surface area contributed by atoms with Gasteiger partial charge in [-0.25, -0.2) is 13.4 Å². The Morgan fingerprint density at radius 1 is 1.13 bits per heavy atom. The number of hydrogen-bond donors (Lipinski definition) is 2. The van der Waals surface area contributed by atoms with Crippen LogP contribution in [0, 0.1) is 0 Å². The van der Waals surface area contributed by atoms with Crippen LogP contribution in [0.5, 0.6) is 0 Å². The molecule has 0 radical (unpaired) electrons. The fraction of sp³-hybridized carbons (Fsp3) is 0.0526. The maximum absolute atomic E-state index is 12.6. The van der Waals surface area contributed by atoms with Crippen molar-refractivity contribution in [2.45, 2.75) is 11.4 Å². The Labute approximate surface area is 186 Å². The van der Waals surface area contributed by atoms with E-state index < -0.39 is 10.0 Å². The average molecular weight is 481 g/mol. The zero-order valence-electron chi connectivity index (χ0n) is 15.2. The number of imidazole rings is 1. The molecular weight excluding hydrogens is 467 g/mol. The minimum absolute atomic E-state index is 0.0575. The fourth-order valence-electron chi connectivity index (χ4n) is 2.72. The smallest absolute Gasteiger partial charge is 0.263 e. The first kappa shape index (κ1) is 20.7. The molecule has 0 saturated carbocycles. The van der Waals surface area contributed by atoms with E-state index in [1.807, 2.05) is 22.2 Å². The standard InChI is InChI=1S/C19H14Cl2N4O3S2/c20-13-3-6-16(21)17(9-13)30(27,28)24-14-4-1-12(2-5-14)18(26)22-10-15-11-25-7-8-29-19(25)23-15/h1-9,11,24H,10H2,(H,22,26). The lowest BCUT2D eigenvalue weighted by atomic mass is 10.2. The van der Waals surface area contributed by atoms with Crippen LogP contribution in [-0.4, -0.2) is 23.7 Å². The molecule has 30 heavy (non-hydrogen) atoms. The minimum Gasteiger partial charge on any atom is -0.346 e. The number of amides is 1. The van der Waals surface area contributed by atoms with Crippen LogP contribution in [0.25, 0.3) is 4.96 Å². The first-order valence-corrected chi connectivity index (χ1v) is 11.7. The molecular formula is C19H14Cl2N4O3S2. The van der Waals surface area contributed by atoms with Gasteiger partial charge in [-0.3, -0.25) is 13.9 Å². The topological polar surface area (TPSA) is 92.6 Å². The van der Waals surface area contributed by atoms with Gasteiger partial charge in [-0.2, -0.15) is 0 Å². The number of halogens is 2. The maximum atomic E-state index is 12.6. The lowest BCUT2D eigenvalue weighted by Crippen LogP contribution is -2.23. The number of hydrogen-bond acceptors (Lipinski definition) is 5. The molecule has 0 spiro atoms. The van der Waals surface area contributed by atoms with Crippen molar-refractivity contribution in [1.29, 1.82) is 0 Å². The van der Waals surface area contributed by atoms with E-state index in [-0.39, 0.29) is 33.1 Å². The predicted octanol–water partition coefficient (Wildman–Crippen LogP) is 4.43.